The molecule has 1 saturated carbocycles. The van der Waals surface area contributed by atoms with Gasteiger partial charge in [0.1, 0.15) is 5.82 Å². The number of amides is 1. The summed E-state index contributed by atoms with van der Waals surface area (Å²) in [5.41, 5.74) is 4.57. The molecule has 0 spiro atoms. The van der Waals surface area contributed by atoms with Crippen molar-refractivity contribution in [3.05, 3.63) is 102 Å². The lowest BCUT2D eigenvalue weighted by atomic mass is 9.91. The Kier molecular flexibility index (Phi) is 9.50. The van der Waals surface area contributed by atoms with E-state index in [4.69, 9.17) is 0 Å². The van der Waals surface area contributed by atoms with Gasteiger partial charge < -0.3 is 10.4 Å². The van der Waals surface area contributed by atoms with Crippen molar-refractivity contribution in [2.75, 3.05) is 0 Å². The van der Waals surface area contributed by atoms with Crippen LogP contribution < -0.4 is 5.32 Å². The van der Waals surface area contributed by atoms with E-state index in [1.165, 1.54) is 6.07 Å². The first-order valence-electron chi connectivity index (χ1n) is 12.0. The van der Waals surface area contributed by atoms with Crippen molar-refractivity contribution >= 4 is 17.6 Å². The third kappa shape index (κ3) is 6.96. The molecule has 0 saturated heterocycles. The normalized spacial score (nSPS) is 17.7. The summed E-state index contributed by atoms with van der Waals surface area (Å²) in [6.07, 6.45) is 8.17. The molecular weight excluding hydrogens is 439 g/mol. The Morgan fingerprint density at radius 2 is 1.83 bits per heavy atom. The highest BCUT2D eigenvalue weighted by molar-refractivity contribution is 6.20. The van der Waals surface area contributed by atoms with E-state index in [1.54, 1.807) is 38.1 Å². The van der Waals surface area contributed by atoms with Gasteiger partial charge in [-0.1, -0.05) is 80.1 Å². The number of pyridine rings is 1. The van der Waals surface area contributed by atoms with Gasteiger partial charge in [-0.15, -0.1) is 0 Å². The molecule has 182 valence electrons. The number of nitrogens with one attached hydrogen (secondary N) is 1. The molecule has 2 aromatic carbocycles. The van der Waals surface area contributed by atoms with E-state index in [9.17, 15) is 14.3 Å². The fourth-order valence-electron chi connectivity index (χ4n) is 4.19. The summed E-state index contributed by atoms with van der Waals surface area (Å²) in [5.74, 6) is -0.723. The number of hydrogen-bond donors (Lipinski definition) is 2. The molecule has 1 fully saturated rings. The van der Waals surface area contributed by atoms with Gasteiger partial charge >= 0.3 is 0 Å². The molecule has 1 heterocycles. The minimum Gasteiger partial charge on any atom is -0.391 e. The molecule has 3 aromatic rings. The van der Waals surface area contributed by atoms with Crippen molar-refractivity contribution in [1.82, 2.24) is 10.3 Å². The van der Waals surface area contributed by atoms with Crippen molar-refractivity contribution in [3.63, 3.8) is 0 Å². The van der Waals surface area contributed by atoms with Crippen molar-refractivity contribution in [3.8, 4) is 11.3 Å². The van der Waals surface area contributed by atoms with Gasteiger partial charge in [0, 0.05) is 22.9 Å². The van der Waals surface area contributed by atoms with E-state index >= 15 is 0 Å². The van der Waals surface area contributed by atoms with Gasteiger partial charge in [-0.25, -0.2) is 4.39 Å². The molecule has 2 N–H and O–H groups in total. The summed E-state index contributed by atoms with van der Waals surface area (Å²) < 4.78 is 14.0. The molecule has 2 atom stereocenters. The van der Waals surface area contributed by atoms with Crippen LogP contribution >= 0.6 is 0 Å². The largest absolute Gasteiger partial charge is 0.391 e. The lowest BCUT2D eigenvalue weighted by Crippen LogP contribution is -2.45. The van der Waals surface area contributed by atoms with E-state index in [1.807, 2.05) is 36.5 Å². The van der Waals surface area contributed by atoms with Gasteiger partial charge in [0.25, 0.3) is 5.91 Å². The van der Waals surface area contributed by atoms with Crippen LogP contribution in [0, 0.1) is 12.7 Å². The van der Waals surface area contributed by atoms with E-state index in [-0.39, 0.29) is 11.9 Å². The average molecular weight is 473 g/mol. The number of halogens is 1. The predicted molar refractivity (Wildman–Crippen MR) is 141 cm³/mol. The van der Waals surface area contributed by atoms with E-state index in [0.29, 0.717) is 17.6 Å². The zero-order valence-electron chi connectivity index (χ0n) is 20.4. The Hall–Kier alpha value is -3.57. The second-order valence-electron chi connectivity index (χ2n) is 8.61. The number of allylic oxidation sites excluding steroid dienone is 1. The molecule has 1 aliphatic carbocycles. The monoisotopic (exact) mass is 472 g/mol. The Morgan fingerprint density at radius 1 is 1.09 bits per heavy atom. The molecular formula is C30H33FN2O2. The van der Waals surface area contributed by atoms with Crippen LogP contribution in [0.15, 0.2) is 79.5 Å². The van der Waals surface area contributed by atoms with E-state index in [2.05, 4.69) is 29.0 Å². The zero-order chi connectivity index (χ0) is 25.2. The van der Waals surface area contributed by atoms with Gasteiger partial charge in [-0.2, -0.15) is 0 Å². The van der Waals surface area contributed by atoms with Crippen molar-refractivity contribution in [1.29, 1.82) is 0 Å². The Morgan fingerprint density at radius 3 is 2.43 bits per heavy atom. The third-order valence-electron chi connectivity index (χ3n) is 6.16. The lowest BCUT2D eigenvalue weighted by Gasteiger charge is -2.28. The van der Waals surface area contributed by atoms with Crippen LogP contribution in [0.1, 0.15) is 49.3 Å². The van der Waals surface area contributed by atoms with Gasteiger partial charge in [-0.3, -0.25) is 9.78 Å². The lowest BCUT2D eigenvalue weighted by molar-refractivity contribution is -0.117. The second kappa shape index (κ2) is 12.8. The van der Waals surface area contributed by atoms with Crippen LogP contribution in [-0.2, 0) is 4.79 Å². The summed E-state index contributed by atoms with van der Waals surface area (Å²) in [5, 5.41) is 12.8. The van der Waals surface area contributed by atoms with Crippen molar-refractivity contribution in [2.24, 2.45) is 0 Å². The summed E-state index contributed by atoms with van der Waals surface area (Å²) in [7, 11) is 0. The first-order valence-corrected chi connectivity index (χ1v) is 12.0. The average Bonchev–Trinajstić information content (AvgIpc) is 2.88. The number of benzene rings is 2. The molecule has 1 amide bonds. The van der Waals surface area contributed by atoms with Gasteiger partial charge in [0.15, 0.2) is 0 Å². The van der Waals surface area contributed by atoms with Crippen LogP contribution in [0.5, 0.6) is 0 Å². The second-order valence-corrected chi connectivity index (χ2v) is 8.61. The highest BCUT2D eigenvalue weighted by Crippen LogP contribution is 2.24. The van der Waals surface area contributed by atoms with Crippen LogP contribution in [0.4, 0.5) is 4.39 Å². The fourth-order valence-corrected chi connectivity index (χ4v) is 4.19. The zero-order valence-corrected chi connectivity index (χ0v) is 20.4. The van der Waals surface area contributed by atoms with Gasteiger partial charge in [0.05, 0.1) is 17.8 Å². The number of carbonyl (C=O) groups is 1. The summed E-state index contributed by atoms with van der Waals surface area (Å²) in [6, 6.07) is 18.7. The highest BCUT2D eigenvalue weighted by Gasteiger charge is 2.26. The summed E-state index contributed by atoms with van der Waals surface area (Å²) in [4.78, 5) is 16.8. The molecule has 1 aromatic heterocycles. The van der Waals surface area contributed by atoms with Crippen LogP contribution in [-0.4, -0.2) is 28.1 Å². The minimum atomic E-state index is -0.512. The number of aromatic nitrogens is 1. The molecule has 1 aliphatic rings. The number of hydrogen-bond acceptors (Lipinski definition) is 3. The molecule has 4 rings (SSSR count). The quantitative estimate of drug-likeness (QED) is 0.426. The number of carbonyl (C=O) groups excluding carboxylic acids is 1. The van der Waals surface area contributed by atoms with Crippen LogP contribution in [0.2, 0.25) is 0 Å². The number of aryl methyl sites for hydroxylation is 1. The molecule has 0 aliphatic heterocycles. The predicted octanol–water partition coefficient (Wildman–Crippen LogP) is 6.35. The fraction of sp³-hybridized carbons (Fsp3) is 0.267. The SMILES string of the molecule is C/C=C(/C(=O)NC1CCCC[C@@H]1O)c1c(C)cccc1F.C=Cc1ccc(-c2ccccc2)nc1. The first-order chi connectivity index (χ1) is 16.9. The van der Waals surface area contributed by atoms with Crippen molar-refractivity contribution < 1.29 is 14.3 Å². The van der Waals surface area contributed by atoms with Gasteiger partial charge in [-0.05, 0) is 49.9 Å². The maximum atomic E-state index is 14.0. The molecule has 0 bridgehead atoms. The molecule has 5 heteroatoms. The smallest absolute Gasteiger partial charge is 0.251 e. The third-order valence-corrected chi connectivity index (χ3v) is 6.16. The maximum absolute atomic E-state index is 14.0. The number of aliphatic hydroxyl groups excluding tert-OH is 1. The maximum Gasteiger partial charge on any atom is 0.251 e. The minimum absolute atomic E-state index is 0.242. The van der Waals surface area contributed by atoms with E-state index < -0.39 is 11.9 Å². The molecule has 4 nitrogen and oxygen atoms in total. The Balaban J connectivity index is 0.000000211. The van der Waals surface area contributed by atoms with Gasteiger partial charge in [0.2, 0.25) is 0 Å². The number of aliphatic hydroxyl groups is 1. The van der Waals surface area contributed by atoms with Crippen LogP contribution in [0.25, 0.3) is 22.9 Å². The number of rotatable bonds is 5. The topological polar surface area (TPSA) is 62.2 Å². The summed E-state index contributed by atoms with van der Waals surface area (Å²) in [6.45, 7) is 7.20. The summed E-state index contributed by atoms with van der Waals surface area (Å²) >= 11 is 0. The van der Waals surface area contributed by atoms with Crippen LogP contribution in [0.3, 0.4) is 0 Å². The molecule has 1 unspecified atom stereocenters. The standard InChI is InChI=1S/C17H22FNO2.C13H11N/c1-3-12(16-11(2)7-6-8-13(16)18)17(21)19-14-9-4-5-10-15(14)20;1-2-11-8-9-13(14-10-11)12-6-4-3-5-7-12/h3,6-8,14-15,20H,4-5,9-10H2,1-2H3,(H,19,21);2-10H,1H2/b12-3+;/t14?,15-;/m0./s1. The van der Waals surface area contributed by atoms with Crippen molar-refractivity contribution in [2.45, 2.75) is 51.7 Å². The number of nitrogens with zero attached hydrogens (tertiary/aromatic N) is 1. The first kappa shape index (κ1) is 26.0. The Labute approximate surface area is 207 Å². The molecule has 0 radical (unpaired) electrons. The molecule has 35 heavy (non-hydrogen) atoms. The van der Waals surface area contributed by atoms with E-state index in [0.717, 1.165) is 41.6 Å². The Bertz CT molecular complexity index is 1140. The highest BCUT2D eigenvalue weighted by atomic mass is 19.1.